The van der Waals surface area contributed by atoms with Crippen molar-refractivity contribution in [3.05, 3.63) is 12.3 Å². The summed E-state index contributed by atoms with van der Waals surface area (Å²) in [5, 5.41) is 1.56. The summed E-state index contributed by atoms with van der Waals surface area (Å²) in [4.78, 5) is 0. The van der Waals surface area contributed by atoms with Crippen molar-refractivity contribution < 1.29 is 0 Å². The molecule has 0 spiro atoms. The highest BCUT2D eigenvalue weighted by molar-refractivity contribution is 4.82. The van der Waals surface area contributed by atoms with Crippen LogP contribution in [0, 0.1) is 5.92 Å². The van der Waals surface area contributed by atoms with Gasteiger partial charge in [-0.2, -0.15) is 0 Å². The first-order valence-corrected chi connectivity index (χ1v) is 3.32. The normalized spacial score (nSPS) is 14.2. The van der Waals surface area contributed by atoms with E-state index in [1.807, 2.05) is 13.2 Å². The van der Waals surface area contributed by atoms with E-state index >= 15 is 0 Å². The summed E-state index contributed by atoms with van der Waals surface area (Å²) in [5.41, 5.74) is 0. The second-order valence-corrected chi connectivity index (χ2v) is 2.39. The number of hydrogen-bond acceptors (Lipinski definition) is 2. The van der Waals surface area contributed by atoms with Crippen molar-refractivity contribution in [2.45, 2.75) is 20.3 Å². The lowest BCUT2D eigenvalue weighted by Gasteiger charge is -2.05. The molecule has 0 saturated heterocycles. The van der Waals surface area contributed by atoms with Crippen molar-refractivity contribution in [3.8, 4) is 0 Å². The topological polar surface area (TPSA) is 29.3 Å². The zero-order valence-corrected chi connectivity index (χ0v) is 6.46. The van der Waals surface area contributed by atoms with Crippen LogP contribution in [0.1, 0.15) is 20.3 Å². The molecule has 0 aliphatic rings. The van der Waals surface area contributed by atoms with Gasteiger partial charge in [0.15, 0.2) is 0 Å². The van der Waals surface area contributed by atoms with Crippen LogP contribution in [0.5, 0.6) is 0 Å². The first-order valence-electron chi connectivity index (χ1n) is 3.32. The molecule has 0 aromatic heterocycles. The summed E-state index contributed by atoms with van der Waals surface area (Å²) in [6.07, 6.45) is 5.15. The molecule has 2 N–H and O–H groups in total. The molecule has 0 saturated carbocycles. The Kier molecular flexibility index (Phi) is 4.14. The number of hydrazine groups is 1. The van der Waals surface area contributed by atoms with Crippen molar-refractivity contribution in [3.63, 3.8) is 0 Å². The molecular weight excluding hydrogens is 112 g/mol. The average Bonchev–Trinajstić information content (AvgIpc) is 1.83. The molecule has 0 aromatic rings. The number of hydrogen-bond donors (Lipinski definition) is 1. The van der Waals surface area contributed by atoms with Crippen LogP contribution >= 0.6 is 0 Å². The van der Waals surface area contributed by atoms with Crippen molar-refractivity contribution in [1.29, 1.82) is 0 Å². The molecule has 2 nitrogen and oxygen atoms in total. The quantitative estimate of drug-likeness (QED) is 0.459. The second kappa shape index (κ2) is 4.39. The molecule has 9 heavy (non-hydrogen) atoms. The molecule has 0 amide bonds. The van der Waals surface area contributed by atoms with Gasteiger partial charge in [0.05, 0.1) is 0 Å². The van der Waals surface area contributed by atoms with Crippen LogP contribution in [0.15, 0.2) is 12.3 Å². The summed E-state index contributed by atoms with van der Waals surface area (Å²) in [6.45, 7) is 4.32. The van der Waals surface area contributed by atoms with Crippen LogP contribution in [-0.2, 0) is 0 Å². The maximum absolute atomic E-state index is 5.34. The Balaban J connectivity index is 3.43. The smallest absolute Gasteiger partial charge is 0.0222 e. The molecule has 0 aliphatic carbocycles. The maximum Gasteiger partial charge on any atom is 0.0222 e. The molecular formula is C7H16N2. The van der Waals surface area contributed by atoms with E-state index in [1.54, 1.807) is 5.01 Å². The van der Waals surface area contributed by atoms with Crippen molar-refractivity contribution in [2.75, 3.05) is 7.05 Å². The third kappa shape index (κ3) is 5.37. The number of nitrogens with two attached hydrogens (primary N) is 1. The highest BCUT2D eigenvalue weighted by Gasteiger charge is 1.89. The molecule has 0 aromatic carbocycles. The van der Waals surface area contributed by atoms with Gasteiger partial charge >= 0.3 is 0 Å². The van der Waals surface area contributed by atoms with Gasteiger partial charge in [-0.25, -0.2) is 5.84 Å². The summed E-state index contributed by atoms with van der Waals surface area (Å²) >= 11 is 0. The van der Waals surface area contributed by atoms with Crippen LogP contribution in [0.25, 0.3) is 0 Å². The number of nitrogens with zero attached hydrogens (tertiary/aromatic N) is 1. The van der Waals surface area contributed by atoms with Gasteiger partial charge in [-0.15, -0.1) is 0 Å². The Morgan fingerprint density at radius 1 is 1.67 bits per heavy atom. The number of allylic oxidation sites excluding steroid dienone is 1. The van der Waals surface area contributed by atoms with E-state index in [0.717, 1.165) is 0 Å². The lowest BCUT2D eigenvalue weighted by atomic mass is 10.1. The van der Waals surface area contributed by atoms with E-state index in [-0.39, 0.29) is 0 Å². The van der Waals surface area contributed by atoms with Crippen LogP contribution in [-0.4, -0.2) is 12.1 Å². The van der Waals surface area contributed by atoms with Crippen molar-refractivity contribution >= 4 is 0 Å². The molecule has 0 aliphatic heterocycles. The third-order valence-corrected chi connectivity index (χ3v) is 1.29. The summed E-state index contributed by atoms with van der Waals surface area (Å²) in [6, 6.07) is 0. The minimum atomic E-state index is 0.635. The fourth-order valence-electron chi connectivity index (χ4n) is 0.419. The van der Waals surface area contributed by atoms with E-state index in [4.69, 9.17) is 5.84 Å². The number of rotatable bonds is 3. The minimum absolute atomic E-state index is 0.635. The summed E-state index contributed by atoms with van der Waals surface area (Å²) in [7, 11) is 1.82. The van der Waals surface area contributed by atoms with E-state index in [9.17, 15) is 0 Å². The first kappa shape index (κ1) is 8.50. The Hall–Kier alpha value is -0.500. The Morgan fingerprint density at radius 2 is 2.22 bits per heavy atom. The third-order valence-electron chi connectivity index (χ3n) is 1.29. The lowest BCUT2D eigenvalue weighted by Crippen LogP contribution is -2.18. The fourth-order valence-corrected chi connectivity index (χ4v) is 0.419. The summed E-state index contributed by atoms with van der Waals surface area (Å²) < 4.78 is 0. The standard InChI is InChI=1S/C7H16N2/c1-4-7(2)5-6-9(3)8/h5-7H,4,8H2,1-3H3/b6-5-. The zero-order chi connectivity index (χ0) is 7.28. The van der Waals surface area contributed by atoms with Crippen LogP contribution in [0.2, 0.25) is 0 Å². The van der Waals surface area contributed by atoms with E-state index in [1.165, 1.54) is 6.42 Å². The SMILES string of the molecule is CCC(C)/C=C\N(C)N. The van der Waals surface area contributed by atoms with Crippen LogP contribution in [0.4, 0.5) is 0 Å². The molecule has 2 heteroatoms. The highest BCUT2D eigenvalue weighted by atomic mass is 15.4. The van der Waals surface area contributed by atoms with Crippen LogP contribution in [0.3, 0.4) is 0 Å². The average molecular weight is 128 g/mol. The molecule has 0 bridgehead atoms. The van der Waals surface area contributed by atoms with Gasteiger partial charge in [0.1, 0.15) is 0 Å². The van der Waals surface area contributed by atoms with Gasteiger partial charge in [-0.05, 0) is 5.92 Å². The second-order valence-electron chi connectivity index (χ2n) is 2.39. The molecule has 54 valence electrons. The van der Waals surface area contributed by atoms with Crippen LogP contribution < -0.4 is 5.84 Å². The fraction of sp³-hybridized carbons (Fsp3) is 0.714. The highest BCUT2D eigenvalue weighted by Crippen LogP contribution is 2.00. The van der Waals surface area contributed by atoms with Gasteiger partial charge in [-0.3, -0.25) is 0 Å². The Bertz CT molecular complexity index is 86.9. The summed E-state index contributed by atoms with van der Waals surface area (Å²) in [5.74, 6) is 5.98. The molecule has 0 fully saturated rings. The molecule has 1 atom stereocenters. The Morgan fingerprint density at radius 3 is 2.56 bits per heavy atom. The molecule has 0 heterocycles. The van der Waals surface area contributed by atoms with E-state index in [0.29, 0.717) is 5.92 Å². The lowest BCUT2D eigenvalue weighted by molar-refractivity contribution is 0.478. The maximum atomic E-state index is 5.34. The van der Waals surface area contributed by atoms with Crippen molar-refractivity contribution in [1.82, 2.24) is 5.01 Å². The van der Waals surface area contributed by atoms with E-state index < -0.39 is 0 Å². The molecule has 0 radical (unpaired) electrons. The first-order chi connectivity index (χ1) is 4.16. The van der Waals surface area contributed by atoms with Crippen molar-refractivity contribution in [2.24, 2.45) is 11.8 Å². The molecule has 1 unspecified atom stereocenters. The van der Waals surface area contributed by atoms with Gasteiger partial charge in [0.2, 0.25) is 0 Å². The predicted molar refractivity (Wildman–Crippen MR) is 40.5 cm³/mol. The minimum Gasteiger partial charge on any atom is -0.322 e. The largest absolute Gasteiger partial charge is 0.322 e. The Labute approximate surface area is 57.3 Å². The molecule has 0 rings (SSSR count). The van der Waals surface area contributed by atoms with Gasteiger partial charge in [-0.1, -0.05) is 26.3 Å². The van der Waals surface area contributed by atoms with Gasteiger partial charge in [0, 0.05) is 13.2 Å². The van der Waals surface area contributed by atoms with E-state index in [2.05, 4.69) is 19.9 Å². The van der Waals surface area contributed by atoms with Gasteiger partial charge < -0.3 is 5.01 Å². The monoisotopic (exact) mass is 128 g/mol. The van der Waals surface area contributed by atoms with Gasteiger partial charge in [0.25, 0.3) is 0 Å². The predicted octanol–water partition coefficient (Wildman–Crippen LogP) is 1.35. The zero-order valence-electron chi connectivity index (χ0n) is 6.46.